The highest BCUT2D eigenvalue weighted by molar-refractivity contribution is 6.30. The maximum atomic E-state index is 12.7. The van der Waals surface area contributed by atoms with Gasteiger partial charge in [-0.3, -0.25) is 4.79 Å². The normalized spacial score (nSPS) is 19.9. The fraction of sp³-hybridized carbons (Fsp3) is 0.318. The van der Waals surface area contributed by atoms with Crippen molar-refractivity contribution in [1.82, 2.24) is 10.6 Å². The Kier molecular flexibility index (Phi) is 6.36. The van der Waals surface area contributed by atoms with Crippen LogP contribution in [0.15, 0.2) is 52.3 Å². The number of urea groups is 1. The molecule has 0 bridgehead atoms. The van der Waals surface area contributed by atoms with Gasteiger partial charge in [-0.2, -0.15) is 0 Å². The summed E-state index contributed by atoms with van der Waals surface area (Å²) in [6, 6.07) is 7.06. The Bertz CT molecular complexity index is 1060. The van der Waals surface area contributed by atoms with Crippen LogP contribution in [-0.4, -0.2) is 37.8 Å². The number of benzene rings is 1. The predicted molar refractivity (Wildman–Crippen MR) is 112 cm³/mol. The third-order valence-corrected chi connectivity index (χ3v) is 5.33. The number of carbonyl (C=O) groups excluding carboxylic acids is 3. The molecule has 0 unspecified atom stereocenters. The summed E-state index contributed by atoms with van der Waals surface area (Å²) in [4.78, 5) is 37.6. The van der Waals surface area contributed by atoms with Crippen LogP contribution >= 0.6 is 11.6 Å². The smallest absolute Gasteiger partial charge is 0.338 e. The molecular formula is C22H21ClN2O7. The van der Waals surface area contributed by atoms with E-state index in [2.05, 4.69) is 10.6 Å². The summed E-state index contributed by atoms with van der Waals surface area (Å²) in [7, 11) is 0. The van der Waals surface area contributed by atoms with Crippen LogP contribution in [0.5, 0.6) is 5.75 Å². The highest BCUT2D eigenvalue weighted by Crippen LogP contribution is 2.31. The molecule has 32 heavy (non-hydrogen) atoms. The van der Waals surface area contributed by atoms with Crippen LogP contribution in [0.1, 0.15) is 24.3 Å². The SMILES string of the molecule is CCOC(=O)C1=C(COC(=O)[C@H]2COc3ccc(Cl)cc3C2)NC(=O)N[C@H]1c1ccco1. The van der Waals surface area contributed by atoms with Crippen molar-refractivity contribution in [1.29, 1.82) is 0 Å². The van der Waals surface area contributed by atoms with E-state index in [0.717, 1.165) is 5.56 Å². The number of carbonyl (C=O) groups is 3. The van der Waals surface area contributed by atoms with Crippen molar-refractivity contribution in [3.8, 4) is 5.75 Å². The van der Waals surface area contributed by atoms with Gasteiger partial charge in [0.05, 0.1) is 30.1 Å². The molecule has 2 atom stereocenters. The zero-order valence-corrected chi connectivity index (χ0v) is 17.9. The molecule has 0 saturated heterocycles. The maximum Gasteiger partial charge on any atom is 0.338 e. The topological polar surface area (TPSA) is 116 Å². The molecule has 2 aromatic rings. The summed E-state index contributed by atoms with van der Waals surface area (Å²) in [5.74, 6) is -0.699. The zero-order valence-electron chi connectivity index (χ0n) is 17.2. The number of nitrogens with one attached hydrogen (secondary N) is 2. The largest absolute Gasteiger partial charge is 0.492 e. The summed E-state index contributed by atoms with van der Waals surface area (Å²) in [5, 5.41) is 5.72. The Hall–Kier alpha value is -3.46. The number of hydrogen-bond acceptors (Lipinski definition) is 7. The van der Waals surface area contributed by atoms with Gasteiger partial charge in [-0.1, -0.05) is 11.6 Å². The molecule has 0 aliphatic carbocycles. The number of furan rings is 1. The third kappa shape index (κ3) is 4.57. The molecule has 2 aliphatic rings. The van der Waals surface area contributed by atoms with E-state index in [4.69, 9.17) is 30.2 Å². The van der Waals surface area contributed by atoms with Gasteiger partial charge in [0.25, 0.3) is 0 Å². The summed E-state index contributed by atoms with van der Waals surface area (Å²) >= 11 is 6.03. The average molecular weight is 461 g/mol. The maximum absolute atomic E-state index is 12.7. The Morgan fingerprint density at radius 3 is 2.84 bits per heavy atom. The lowest BCUT2D eigenvalue weighted by Crippen LogP contribution is -2.47. The Balaban J connectivity index is 1.52. The Morgan fingerprint density at radius 1 is 1.25 bits per heavy atom. The molecule has 168 valence electrons. The number of ether oxygens (including phenoxy) is 3. The molecule has 0 radical (unpaired) electrons. The molecular weight excluding hydrogens is 440 g/mol. The monoisotopic (exact) mass is 460 g/mol. The van der Waals surface area contributed by atoms with Crippen molar-refractivity contribution in [3.05, 3.63) is 64.2 Å². The van der Waals surface area contributed by atoms with Crippen molar-refractivity contribution in [2.45, 2.75) is 19.4 Å². The van der Waals surface area contributed by atoms with Crippen LogP contribution in [0.2, 0.25) is 5.02 Å². The molecule has 2 amide bonds. The van der Waals surface area contributed by atoms with Gasteiger partial charge in [0.2, 0.25) is 0 Å². The predicted octanol–water partition coefficient (Wildman–Crippen LogP) is 2.90. The molecule has 1 aromatic heterocycles. The summed E-state index contributed by atoms with van der Waals surface area (Å²) in [6.45, 7) is 1.63. The van der Waals surface area contributed by atoms with Gasteiger partial charge in [0.1, 0.15) is 30.8 Å². The van der Waals surface area contributed by atoms with Crippen molar-refractivity contribution in [2.24, 2.45) is 5.92 Å². The first kappa shape index (κ1) is 21.8. The van der Waals surface area contributed by atoms with Crippen LogP contribution in [0.3, 0.4) is 0 Å². The van der Waals surface area contributed by atoms with Gasteiger partial charge in [-0.05, 0) is 49.2 Å². The fourth-order valence-corrected chi connectivity index (χ4v) is 3.82. The van der Waals surface area contributed by atoms with Crippen LogP contribution in [0, 0.1) is 5.92 Å². The van der Waals surface area contributed by atoms with E-state index in [1.54, 1.807) is 37.3 Å². The van der Waals surface area contributed by atoms with Crippen LogP contribution in [0.4, 0.5) is 4.79 Å². The highest BCUT2D eigenvalue weighted by atomic mass is 35.5. The van der Waals surface area contributed by atoms with Gasteiger partial charge in [-0.25, -0.2) is 9.59 Å². The van der Waals surface area contributed by atoms with Crippen molar-refractivity contribution < 1.29 is 33.0 Å². The highest BCUT2D eigenvalue weighted by Gasteiger charge is 2.36. The van der Waals surface area contributed by atoms with Crippen LogP contribution < -0.4 is 15.4 Å². The molecule has 9 nitrogen and oxygen atoms in total. The van der Waals surface area contributed by atoms with Gasteiger partial charge >= 0.3 is 18.0 Å². The third-order valence-electron chi connectivity index (χ3n) is 5.10. The molecule has 2 N–H and O–H groups in total. The lowest BCUT2D eigenvalue weighted by atomic mass is 9.97. The summed E-state index contributed by atoms with van der Waals surface area (Å²) in [5.41, 5.74) is 1.04. The van der Waals surface area contributed by atoms with E-state index in [-0.39, 0.29) is 31.1 Å². The average Bonchev–Trinajstić information content (AvgIpc) is 3.31. The number of fused-ring (bicyclic) bond motifs is 1. The van der Waals surface area contributed by atoms with Crippen LogP contribution in [-0.2, 0) is 25.5 Å². The van der Waals surface area contributed by atoms with Gasteiger partial charge < -0.3 is 29.3 Å². The van der Waals surface area contributed by atoms with Crippen molar-refractivity contribution >= 4 is 29.6 Å². The van der Waals surface area contributed by atoms with Gasteiger partial charge in [-0.15, -0.1) is 0 Å². The first-order valence-electron chi connectivity index (χ1n) is 10.0. The van der Waals surface area contributed by atoms with E-state index in [1.807, 2.05) is 0 Å². The summed E-state index contributed by atoms with van der Waals surface area (Å²) in [6.07, 6.45) is 1.83. The first-order chi connectivity index (χ1) is 15.5. The molecule has 3 heterocycles. The van der Waals surface area contributed by atoms with Crippen LogP contribution in [0.25, 0.3) is 0 Å². The molecule has 1 aromatic carbocycles. The summed E-state index contributed by atoms with van der Waals surface area (Å²) < 4.78 is 21.6. The second-order valence-corrected chi connectivity index (χ2v) is 7.67. The minimum Gasteiger partial charge on any atom is -0.492 e. The minimum absolute atomic E-state index is 0.103. The van der Waals surface area contributed by atoms with Gasteiger partial charge in [0.15, 0.2) is 0 Å². The standard InChI is InChI=1S/C22H21ClN2O7/c1-2-29-21(27)18-15(24-22(28)25-19(18)17-4-3-7-30-17)11-32-20(26)13-8-12-9-14(23)5-6-16(12)31-10-13/h3-7,9,13,19H,2,8,10-11H2,1H3,(H2,24,25,28)/t13-,19+/m1/s1. The number of amides is 2. The van der Waals surface area contributed by atoms with E-state index >= 15 is 0 Å². The zero-order chi connectivity index (χ0) is 22.7. The van der Waals surface area contributed by atoms with E-state index in [1.165, 1.54) is 6.26 Å². The molecule has 0 fully saturated rings. The van der Waals surface area contributed by atoms with Gasteiger partial charge in [0, 0.05) is 5.02 Å². The molecule has 10 heteroatoms. The number of esters is 2. The Labute approximate surface area is 188 Å². The molecule has 0 saturated carbocycles. The first-order valence-corrected chi connectivity index (χ1v) is 10.4. The lowest BCUT2D eigenvalue weighted by Gasteiger charge is -2.28. The fourth-order valence-electron chi connectivity index (χ4n) is 3.63. The molecule has 2 aliphatic heterocycles. The quantitative estimate of drug-likeness (QED) is 0.636. The number of halogens is 1. The van der Waals surface area contributed by atoms with Crippen molar-refractivity contribution in [3.63, 3.8) is 0 Å². The van der Waals surface area contributed by atoms with E-state index in [0.29, 0.717) is 23.0 Å². The number of rotatable bonds is 6. The second-order valence-electron chi connectivity index (χ2n) is 7.23. The molecule has 0 spiro atoms. The van der Waals surface area contributed by atoms with E-state index < -0.39 is 29.9 Å². The Morgan fingerprint density at radius 2 is 2.09 bits per heavy atom. The lowest BCUT2D eigenvalue weighted by molar-refractivity contribution is -0.149. The molecule has 4 rings (SSSR count). The second kappa shape index (κ2) is 9.35. The van der Waals surface area contributed by atoms with E-state index in [9.17, 15) is 14.4 Å². The minimum atomic E-state index is -0.876. The number of hydrogen-bond donors (Lipinski definition) is 2. The van der Waals surface area contributed by atoms with Crippen molar-refractivity contribution in [2.75, 3.05) is 19.8 Å².